The molecule has 5 nitrogen and oxygen atoms in total. The first-order chi connectivity index (χ1) is 9.56. The van der Waals surface area contributed by atoms with E-state index in [4.69, 9.17) is 14.9 Å². The molecular weight excluding hydrogens is 256 g/mol. The molecule has 0 aliphatic rings. The number of carbonyl (C=O) groups is 1. The zero-order valence-corrected chi connectivity index (χ0v) is 11.8. The second kappa shape index (κ2) is 6.43. The van der Waals surface area contributed by atoms with Crippen molar-refractivity contribution in [2.45, 2.75) is 13.8 Å². The molecule has 2 rings (SSSR count). The van der Waals surface area contributed by atoms with Crippen LogP contribution in [0.3, 0.4) is 0 Å². The Kier molecular flexibility index (Phi) is 4.63. The van der Waals surface area contributed by atoms with Gasteiger partial charge in [0, 0.05) is 24.2 Å². The van der Waals surface area contributed by atoms with E-state index in [1.165, 1.54) is 0 Å². The molecule has 0 radical (unpaired) electrons. The van der Waals surface area contributed by atoms with Gasteiger partial charge in [0.1, 0.15) is 5.58 Å². The van der Waals surface area contributed by atoms with Crippen molar-refractivity contribution in [1.29, 1.82) is 0 Å². The number of carbonyl (C=O) groups excluding carboxylic acids is 1. The molecule has 0 bridgehead atoms. The van der Waals surface area contributed by atoms with Crippen molar-refractivity contribution in [2.75, 3.05) is 25.5 Å². The summed E-state index contributed by atoms with van der Waals surface area (Å²) in [5.41, 5.74) is 6.99. The molecule has 0 aliphatic carbocycles. The largest absolute Gasteiger partial charge is 0.451 e. The van der Waals surface area contributed by atoms with Crippen LogP contribution in [-0.2, 0) is 4.74 Å². The van der Waals surface area contributed by atoms with Gasteiger partial charge in [-0.1, -0.05) is 13.8 Å². The monoisotopic (exact) mass is 276 g/mol. The molecule has 1 amide bonds. The second-order valence-corrected chi connectivity index (χ2v) is 5.13. The van der Waals surface area contributed by atoms with E-state index in [9.17, 15) is 4.79 Å². The smallest absolute Gasteiger partial charge is 0.287 e. The van der Waals surface area contributed by atoms with E-state index in [1.807, 2.05) is 0 Å². The van der Waals surface area contributed by atoms with E-state index >= 15 is 0 Å². The van der Waals surface area contributed by atoms with E-state index in [0.717, 1.165) is 5.39 Å². The summed E-state index contributed by atoms with van der Waals surface area (Å²) in [6, 6.07) is 6.97. The molecule has 0 spiro atoms. The first kappa shape index (κ1) is 14.4. The van der Waals surface area contributed by atoms with Gasteiger partial charge in [-0.05, 0) is 30.2 Å². The Bertz CT molecular complexity index is 590. The normalized spacial score (nSPS) is 11.2. The third kappa shape index (κ3) is 3.74. The van der Waals surface area contributed by atoms with Crippen molar-refractivity contribution in [2.24, 2.45) is 5.92 Å². The summed E-state index contributed by atoms with van der Waals surface area (Å²) in [4.78, 5) is 11.9. The molecule has 0 atom stereocenters. The summed E-state index contributed by atoms with van der Waals surface area (Å²) in [7, 11) is 0. The summed E-state index contributed by atoms with van der Waals surface area (Å²) in [6.45, 7) is 5.82. The van der Waals surface area contributed by atoms with Gasteiger partial charge in [0.05, 0.1) is 6.61 Å². The van der Waals surface area contributed by atoms with Crippen LogP contribution in [0.1, 0.15) is 24.4 Å². The fourth-order valence-electron chi connectivity index (χ4n) is 1.82. The number of rotatable bonds is 6. The number of fused-ring (bicyclic) bond motifs is 1. The van der Waals surface area contributed by atoms with Crippen LogP contribution < -0.4 is 11.1 Å². The first-order valence-corrected chi connectivity index (χ1v) is 6.71. The fraction of sp³-hybridized carbons (Fsp3) is 0.400. The number of nitrogens with two attached hydrogens (primary N) is 1. The molecule has 0 unspecified atom stereocenters. The minimum absolute atomic E-state index is 0.243. The summed E-state index contributed by atoms with van der Waals surface area (Å²) >= 11 is 0. The van der Waals surface area contributed by atoms with Crippen LogP contribution >= 0.6 is 0 Å². The van der Waals surface area contributed by atoms with E-state index in [-0.39, 0.29) is 11.7 Å². The molecule has 3 N–H and O–H groups in total. The zero-order valence-electron chi connectivity index (χ0n) is 11.8. The van der Waals surface area contributed by atoms with E-state index < -0.39 is 0 Å². The number of nitrogens with one attached hydrogen (secondary N) is 1. The molecule has 20 heavy (non-hydrogen) atoms. The highest BCUT2D eigenvalue weighted by atomic mass is 16.5. The predicted molar refractivity (Wildman–Crippen MR) is 78.6 cm³/mol. The molecule has 0 aliphatic heterocycles. The van der Waals surface area contributed by atoms with Gasteiger partial charge in [0.2, 0.25) is 0 Å². The maximum Gasteiger partial charge on any atom is 0.287 e. The van der Waals surface area contributed by atoms with Gasteiger partial charge in [0.15, 0.2) is 5.76 Å². The maximum atomic E-state index is 11.9. The van der Waals surface area contributed by atoms with Crippen molar-refractivity contribution in [3.05, 3.63) is 30.0 Å². The summed E-state index contributed by atoms with van der Waals surface area (Å²) in [6.07, 6.45) is 0. The van der Waals surface area contributed by atoms with Crippen molar-refractivity contribution < 1.29 is 13.9 Å². The molecule has 0 saturated carbocycles. The molecule has 0 saturated heterocycles. The number of amides is 1. The third-order valence-electron chi connectivity index (χ3n) is 2.75. The zero-order chi connectivity index (χ0) is 14.5. The number of benzene rings is 1. The number of furan rings is 1. The number of anilines is 1. The van der Waals surface area contributed by atoms with Gasteiger partial charge >= 0.3 is 0 Å². The van der Waals surface area contributed by atoms with Crippen LogP contribution in [0.2, 0.25) is 0 Å². The summed E-state index contributed by atoms with van der Waals surface area (Å²) in [5.74, 6) is 0.536. The molecule has 0 fully saturated rings. The highest BCUT2D eigenvalue weighted by Gasteiger charge is 2.11. The predicted octanol–water partition coefficient (Wildman–Crippen LogP) is 2.42. The number of ether oxygens (including phenoxy) is 1. The van der Waals surface area contributed by atoms with Crippen LogP contribution in [0.5, 0.6) is 0 Å². The minimum Gasteiger partial charge on any atom is -0.451 e. The van der Waals surface area contributed by atoms with Crippen LogP contribution in [0.4, 0.5) is 5.69 Å². The number of nitrogen functional groups attached to an aromatic ring is 1. The lowest BCUT2D eigenvalue weighted by atomic mass is 10.2. The number of hydrogen-bond acceptors (Lipinski definition) is 4. The van der Waals surface area contributed by atoms with Crippen molar-refractivity contribution >= 4 is 22.6 Å². The Balaban J connectivity index is 1.88. The highest BCUT2D eigenvalue weighted by Crippen LogP contribution is 2.21. The lowest BCUT2D eigenvalue weighted by Gasteiger charge is -2.07. The molecular formula is C15H20N2O3. The van der Waals surface area contributed by atoms with Gasteiger partial charge in [-0.25, -0.2) is 0 Å². The van der Waals surface area contributed by atoms with Gasteiger partial charge in [0.25, 0.3) is 5.91 Å². The third-order valence-corrected chi connectivity index (χ3v) is 2.75. The molecule has 1 aromatic heterocycles. The molecule has 1 heterocycles. The Morgan fingerprint density at radius 3 is 2.95 bits per heavy atom. The SMILES string of the molecule is CC(C)COCCNC(=O)c1cc2cc(N)ccc2o1. The van der Waals surface area contributed by atoms with Gasteiger partial charge in [-0.2, -0.15) is 0 Å². The topological polar surface area (TPSA) is 77.5 Å². The molecule has 5 heteroatoms. The highest BCUT2D eigenvalue weighted by molar-refractivity contribution is 5.96. The Morgan fingerprint density at radius 1 is 1.40 bits per heavy atom. The lowest BCUT2D eigenvalue weighted by Crippen LogP contribution is -2.27. The minimum atomic E-state index is -0.243. The van der Waals surface area contributed by atoms with Gasteiger partial charge in [-0.15, -0.1) is 0 Å². The van der Waals surface area contributed by atoms with E-state index in [0.29, 0.717) is 36.9 Å². The van der Waals surface area contributed by atoms with Gasteiger partial charge < -0.3 is 20.2 Å². The first-order valence-electron chi connectivity index (χ1n) is 6.71. The summed E-state index contributed by atoms with van der Waals surface area (Å²) < 4.78 is 10.9. The lowest BCUT2D eigenvalue weighted by molar-refractivity contribution is 0.0865. The Morgan fingerprint density at radius 2 is 2.20 bits per heavy atom. The van der Waals surface area contributed by atoms with E-state index in [2.05, 4.69) is 19.2 Å². The quantitative estimate of drug-likeness (QED) is 0.627. The van der Waals surface area contributed by atoms with Gasteiger partial charge in [-0.3, -0.25) is 4.79 Å². The Labute approximate surface area is 118 Å². The second-order valence-electron chi connectivity index (χ2n) is 5.13. The standard InChI is InChI=1S/C15H20N2O3/c1-10(2)9-19-6-5-17-15(18)14-8-11-7-12(16)3-4-13(11)20-14/h3-4,7-8,10H,5-6,9,16H2,1-2H3,(H,17,18). The number of hydrogen-bond donors (Lipinski definition) is 2. The Hall–Kier alpha value is -2.01. The van der Waals surface area contributed by atoms with Crippen LogP contribution in [0.25, 0.3) is 11.0 Å². The average Bonchev–Trinajstić information content (AvgIpc) is 2.80. The maximum absolute atomic E-state index is 11.9. The fourth-order valence-corrected chi connectivity index (χ4v) is 1.82. The van der Waals surface area contributed by atoms with Crippen molar-refractivity contribution in [3.8, 4) is 0 Å². The van der Waals surface area contributed by atoms with Crippen LogP contribution in [-0.4, -0.2) is 25.7 Å². The molecule has 2 aromatic rings. The van der Waals surface area contributed by atoms with E-state index in [1.54, 1.807) is 24.3 Å². The van der Waals surface area contributed by atoms with Crippen molar-refractivity contribution in [1.82, 2.24) is 5.32 Å². The summed E-state index contributed by atoms with van der Waals surface area (Å²) in [5, 5.41) is 3.58. The molecule has 108 valence electrons. The van der Waals surface area contributed by atoms with Crippen molar-refractivity contribution in [3.63, 3.8) is 0 Å². The molecule has 1 aromatic carbocycles. The average molecular weight is 276 g/mol. The van der Waals surface area contributed by atoms with Crippen LogP contribution in [0, 0.1) is 5.92 Å². The van der Waals surface area contributed by atoms with Crippen LogP contribution in [0.15, 0.2) is 28.7 Å².